The van der Waals surface area contributed by atoms with Crippen LogP contribution in [-0.4, -0.2) is 89.7 Å². The minimum Gasteiger partial charge on any atom is -0.368 e. The second kappa shape index (κ2) is 15.7. The highest BCUT2D eigenvalue weighted by Crippen LogP contribution is 2.38. The van der Waals surface area contributed by atoms with Gasteiger partial charge in [0.25, 0.3) is 0 Å². The Morgan fingerprint density at radius 2 is 1.84 bits per heavy atom. The molecule has 57 heavy (non-hydrogen) atoms. The first kappa shape index (κ1) is 37.7. The lowest BCUT2D eigenvalue weighted by Crippen LogP contribution is -2.52. The Labute approximate surface area is 331 Å². The van der Waals surface area contributed by atoms with Gasteiger partial charge in [-0.15, -0.1) is 5.10 Å². The van der Waals surface area contributed by atoms with Crippen LogP contribution in [0, 0.1) is 28.6 Å². The molecule has 2 N–H and O–H groups in total. The van der Waals surface area contributed by atoms with Gasteiger partial charge in [-0.1, -0.05) is 17.3 Å². The molecule has 0 spiro atoms. The summed E-state index contributed by atoms with van der Waals surface area (Å²) in [5.74, 6) is 1.14. The number of aromatic nitrogens is 7. The Morgan fingerprint density at radius 1 is 1.04 bits per heavy atom. The number of nitrogens with one attached hydrogen (secondary N) is 2. The van der Waals surface area contributed by atoms with Crippen molar-refractivity contribution in [3.05, 3.63) is 78.0 Å². The highest BCUT2D eigenvalue weighted by molar-refractivity contribution is 6.03. The molecule has 15 heteroatoms. The molecule has 0 radical (unpaired) electrons. The van der Waals surface area contributed by atoms with Crippen LogP contribution >= 0.6 is 0 Å². The summed E-state index contributed by atoms with van der Waals surface area (Å²) in [5, 5.41) is 38.9. The normalized spacial score (nSPS) is 23.5. The van der Waals surface area contributed by atoms with Crippen LogP contribution in [0.2, 0.25) is 0 Å². The third-order valence-corrected chi connectivity index (χ3v) is 12.2. The second-order valence-electron chi connectivity index (χ2n) is 16.1. The Kier molecular flexibility index (Phi) is 10.4. The van der Waals surface area contributed by atoms with Gasteiger partial charge in [-0.3, -0.25) is 19.8 Å². The number of benzene rings is 1. The van der Waals surface area contributed by atoms with Gasteiger partial charge in [0.2, 0.25) is 11.8 Å². The molecule has 292 valence electrons. The lowest BCUT2D eigenvalue weighted by atomic mass is 9.75. The van der Waals surface area contributed by atoms with Crippen molar-refractivity contribution in [2.75, 3.05) is 36.4 Å². The topological polar surface area (TPSA) is 187 Å². The van der Waals surface area contributed by atoms with Crippen LogP contribution in [-0.2, 0) is 15.0 Å². The number of hydrogen-bond donors (Lipinski definition) is 2. The summed E-state index contributed by atoms with van der Waals surface area (Å²) < 4.78 is 3.35. The molecule has 6 heterocycles. The number of anilines is 2. The summed E-state index contributed by atoms with van der Waals surface area (Å²) >= 11 is 0. The first-order chi connectivity index (χ1) is 27.6. The Balaban J connectivity index is 0.849. The van der Waals surface area contributed by atoms with Crippen molar-refractivity contribution in [2.24, 2.45) is 5.92 Å². The molecule has 2 saturated heterocycles. The fraction of sp³-hybridized carbons (Fsp3) is 0.452. The van der Waals surface area contributed by atoms with Crippen molar-refractivity contribution in [1.29, 1.82) is 10.5 Å². The number of nitriles is 2. The summed E-state index contributed by atoms with van der Waals surface area (Å²) in [5.41, 5.74) is 4.79. The summed E-state index contributed by atoms with van der Waals surface area (Å²) in [7, 11) is 0. The van der Waals surface area contributed by atoms with Crippen molar-refractivity contribution >= 4 is 34.2 Å². The predicted molar refractivity (Wildman–Crippen MR) is 214 cm³/mol. The van der Waals surface area contributed by atoms with E-state index in [9.17, 15) is 20.1 Å². The zero-order valence-electron chi connectivity index (χ0n) is 32.6. The van der Waals surface area contributed by atoms with Crippen LogP contribution in [0.1, 0.15) is 88.5 Å². The number of pyridine rings is 2. The van der Waals surface area contributed by atoms with Crippen LogP contribution < -0.4 is 15.5 Å². The van der Waals surface area contributed by atoms with Crippen molar-refractivity contribution in [3.8, 4) is 23.6 Å². The van der Waals surface area contributed by atoms with E-state index in [0.29, 0.717) is 59.1 Å². The van der Waals surface area contributed by atoms with Gasteiger partial charge in [-0.25, -0.2) is 14.6 Å². The summed E-state index contributed by atoms with van der Waals surface area (Å²) in [6.45, 7) is 10.1. The molecule has 1 aromatic carbocycles. The van der Waals surface area contributed by atoms with Crippen LogP contribution in [0.3, 0.4) is 0 Å². The molecule has 3 atom stereocenters. The Hall–Kier alpha value is -6.19. The van der Waals surface area contributed by atoms with Crippen molar-refractivity contribution in [3.63, 3.8) is 0 Å². The largest absolute Gasteiger partial charge is 0.368 e. The number of hydrogen-bond acceptors (Lipinski definition) is 12. The molecule has 8 rings (SSSR count). The van der Waals surface area contributed by atoms with Crippen molar-refractivity contribution < 1.29 is 9.59 Å². The lowest BCUT2D eigenvalue weighted by molar-refractivity contribution is -0.137. The van der Waals surface area contributed by atoms with Gasteiger partial charge in [0, 0.05) is 61.4 Å². The molecule has 0 bridgehead atoms. The van der Waals surface area contributed by atoms with Crippen molar-refractivity contribution in [1.82, 2.24) is 45.0 Å². The molecule has 1 saturated carbocycles. The zero-order valence-corrected chi connectivity index (χ0v) is 32.6. The number of piperidine rings is 1. The highest BCUT2D eigenvalue weighted by atomic mass is 16.2. The minimum atomic E-state index is -0.678. The molecule has 2 amide bonds. The molecular formula is C42H47N13O2. The van der Waals surface area contributed by atoms with E-state index in [1.807, 2.05) is 19.2 Å². The van der Waals surface area contributed by atoms with E-state index in [2.05, 4.69) is 89.1 Å². The van der Waals surface area contributed by atoms with E-state index in [1.54, 1.807) is 34.7 Å². The van der Waals surface area contributed by atoms with E-state index in [4.69, 9.17) is 0 Å². The average molecular weight is 766 g/mol. The monoisotopic (exact) mass is 765 g/mol. The van der Waals surface area contributed by atoms with Gasteiger partial charge < -0.3 is 10.2 Å². The van der Waals surface area contributed by atoms with Crippen molar-refractivity contribution in [2.45, 2.75) is 89.1 Å². The summed E-state index contributed by atoms with van der Waals surface area (Å²) in [6.07, 6.45) is 13.4. The molecule has 2 aliphatic heterocycles. The maximum atomic E-state index is 12.7. The quantitative estimate of drug-likeness (QED) is 0.178. The first-order valence-corrected chi connectivity index (χ1v) is 19.9. The van der Waals surface area contributed by atoms with Crippen LogP contribution in [0.5, 0.6) is 0 Å². The highest BCUT2D eigenvalue weighted by Gasteiger charge is 2.40. The third kappa shape index (κ3) is 7.67. The average Bonchev–Trinajstić information content (AvgIpc) is 3.90. The SMILES string of the molecule is C[C@H](C#N)Nc1cc(-n2ncc3cc(C#N)cnc32)ncc1-n1cc(C2CCC(CCN3CCN(c4ccc([C@@]5(C)CCC(=O)NC5=O)cc4)[C@@H](C)C3)CC2)nn1. The smallest absolute Gasteiger partial charge is 0.236 e. The molecule has 3 aliphatic rings. The number of carbonyl (C=O) groups excluding carboxylic acids is 2. The first-order valence-electron chi connectivity index (χ1n) is 19.9. The van der Waals surface area contributed by atoms with Gasteiger partial charge in [0.15, 0.2) is 11.5 Å². The number of piperazine rings is 1. The summed E-state index contributed by atoms with van der Waals surface area (Å²) in [4.78, 5) is 38.5. The Morgan fingerprint density at radius 3 is 2.58 bits per heavy atom. The van der Waals surface area contributed by atoms with Gasteiger partial charge >= 0.3 is 0 Å². The molecule has 3 fully saturated rings. The van der Waals surface area contributed by atoms with E-state index >= 15 is 0 Å². The zero-order chi connectivity index (χ0) is 39.7. The van der Waals surface area contributed by atoms with Gasteiger partial charge in [0.1, 0.15) is 17.8 Å². The number of imide groups is 1. The van der Waals surface area contributed by atoms with Crippen LogP contribution in [0.4, 0.5) is 11.4 Å². The standard InChI is InChI=1S/C42H47N13O2/c1-27(20-43)48-35-19-38(55-40-32(23-47-55)18-30(21-44)22-46-40)45-24-37(35)54-26-36(50-51-54)31-6-4-29(5-7-31)13-15-52-16-17-53(28(2)25-52)34-10-8-33(9-11-34)42(3)14-12-39(56)49-41(42)57/h8-11,18-19,22-24,26-29,31H,4-7,12-17,25H2,1-3H3,(H,45,48)(H,49,56,57)/t27-,28+,29?,31?,42-/m1/s1. The van der Waals surface area contributed by atoms with Gasteiger partial charge in [-0.05, 0) is 95.5 Å². The molecule has 1 aliphatic carbocycles. The van der Waals surface area contributed by atoms with Gasteiger partial charge in [0.05, 0.1) is 47.0 Å². The predicted octanol–water partition coefficient (Wildman–Crippen LogP) is 5.16. The molecule has 15 nitrogen and oxygen atoms in total. The maximum Gasteiger partial charge on any atom is 0.236 e. The number of nitrogens with zero attached hydrogens (tertiary/aromatic N) is 11. The van der Waals surface area contributed by atoms with Crippen LogP contribution in [0.25, 0.3) is 22.5 Å². The molecule has 4 aromatic heterocycles. The maximum absolute atomic E-state index is 12.7. The fourth-order valence-corrected chi connectivity index (χ4v) is 8.68. The number of rotatable bonds is 10. The molecule has 5 aromatic rings. The number of fused-ring (bicyclic) bond motifs is 1. The fourth-order valence-electron chi connectivity index (χ4n) is 8.68. The van der Waals surface area contributed by atoms with Crippen LogP contribution in [0.15, 0.2) is 61.2 Å². The third-order valence-electron chi connectivity index (χ3n) is 12.2. The van der Waals surface area contributed by atoms with E-state index < -0.39 is 11.5 Å². The minimum absolute atomic E-state index is 0.193. The molecule has 0 unspecified atom stereocenters. The van der Waals surface area contributed by atoms with Gasteiger partial charge in [-0.2, -0.15) is 20.3 Å². The van der Waals surface area contributed by atoms with E-state index in [1.165, 1.54) is 18.3 Å². The Bertz CT molecular complexity index is 2370. The molecular weight excluding hydrogens is 719 g/mol. The van der Waals surface area contributed by atoms with E-state index in [-0.39, 0.29) is 11.8 Å². The lowest BCUT2D eigenvalue weighted by Gasteiger charge is -2.42. The van der Waals surface area contributed by atoms with E-state index in [0.717, 1.165) is 68.5 Å². The summed E-state index contributed by atoms with van der Waals surface area (Å²) in [6, 6.07) is 16.2. The number of carbonyl (C=O) groups is 2. The second-order valence-corrected chi connectivity index (χ2v) is 16.1. The number of amides is 2.